The minimum absolute atomic E-state index is 0.104. The monoisotopic (exact) mass is 338 g/mol. The molecule has 0 amide bonds. The summed E-state index contributed by atoms with van der Waals surface area (Å²) in [5.74, 6) is -3.12. The van der Waals surface area contributed by atoms with Crippen LogP contribution in [0, 0.1) is 0 Å². The van der Waals surface area contributed by atoms with E-state index in [9.17, 15) is 9.59 Å². The summed E-state index contributed by atoms with van der Waals surface area (Å²) in [6.45, 7) is 6.49. The van der Waals surface area contributed by atoms with Crippen molar-refractivity contribution in [1.82, 2.24) is 0 Å². The van der Waals surface area contributed by atoms with Crippen LogP contribution in [0.15, 0.2) is 24.3 Å². The zero-order valence-corrected chi connectivity index (χ0v) is 14.5. The van der Waals surface area contributed by atoms with Gasteiger partial charge in [0, 0.05) is 6.92 Å². The minimum atomic E-state index is -1.45. The van der Waals surface area contributed by atoms with Crippen molar-refractivity contribution < 1.29 is 28.9 Å². The van der Waals surface area contributed by atoms with Crippen LogP contribution in [0.4, 0.5) is 0 Å². The van der Waals surface area contributed by atoms with Gasteiger partial charge >= 0.3 is 17.9 Å². The summed E-state index contributed by atoms with van der Waals surface area (Å²) >= 11 is 0. The second-order valence-corrected chi connectivity index (χ2v) is 5.54. The maximum atomic E-state index is 12.3. The van der Waals surface area contributed by atoms with Crippen molar-refractivity contribution in [2.75, 3.05) is 13.2 Å². The third kappa shape index (κ3) is 6.68. The summed E-state index contributed by atoms with van der Waals surface area (Å²) < 4.78 is 16.6. The SMILES string of the molecule is CCCCOC(C)(OCCCC)OC(=O)c1ccc(C(=O)O)cc1. The topological polar surface area (TPSA) is 82.1 Å². The highest BCUT2D eigenvalue weighted by Crippen LogP contribution is 2.19. The number of rotatable bonds is 11. The van der Waals surface area contributed by atoms with E-state index in [4.69, 9.17) is 19.3 Å². The number of esters is 1. The first kappa shape index (κ1) is 20.1. The number of carboxylic acids is 1. The molecule has 1 N–H and O–H groups in total. The third-order valence-electron chi connectivity index (χ3n) is 3.37. The summed E-state index contributed by atoms with van der Waals surface area (Å²) in [7, 11) is 0. The van der Waals surface area contributed by atoms with Crippen molar-refractivity contribution in [2.45, 2.75) is 52.4 Å². The Morgan fingerprint density at radius 3 is 1.83 bits per heavy atom. The van der Waals surface area contributed by atoms with Gasteiger partial charge < -0.3 is 19.3 Å². The van der Waals surface area contributed by atoms with E-state index in [0.717, 1.165) is 25.7 Å². The largest absolute Gasteiger partial charge is 0.478 e. The minimum Gasteiger partial charge on any atom is -0.478 e. The Bertz CT molecular complexity index is 513. The van der Waals surface area contributed by atoms with E-state index in [1.165, 1.54) is 24.3 Å². The van der Waals surface area contributed by atoms with Crippen LogP contribution in [0.3, 0.4) is 0 Å². The number of hydrogen-bond donors (Lipinski definition) is 1. The highest BCUT2D eigenvalue weighted by atomic mass is 16.9. The predicted molar refractivity (Wildman–Crippen MR) is 88.9 cm³/mol. The van der Waals surface area contributed by atoms with Crippen molar-refractivity contribution in [3.05, 3.63) is 35.4 Å². The predicted octanol–water partition coefficient (Wildman–Crippen LogP) is 3.85. The van der Waals surface area contributed by atoms with E-state index in [2.05, 4.69) is 0 Å². The zero-order chi connectivity index (χ0) is 18.0. The molecule has 134 valence electrons. The van der Waals surface area contributed by atoms with Gasteiger partial charge in [0.25, 0.3) is 0 Å². The molecule has 0 aliphatic heterocycles. The van der Waals surface area contributed by atoms with Crippen molar-refractivity contribution in [1.29, 1.82) is 0 Å². The highest BCUT2D eigenvalue weighted by Gasteiger charge is 2.31. The van der Waals surface area contributed by atoms with Crippen molar-refractivity contribution in [2.24, 2.45) is 0 Å². The van der Waals surface area contributed by atoms with Gasteiger partial charge in [0.2, 0.25) is 0 Å². The maximum Gasteiger partial charge on any atom is 0.342 e. The molecular weight excluding hydrogens is 312 g/mol. The first-order valence-corrected chi connectivity index (χ1v) is 8.26. The summed E-state index contributed by atoms with van der Waals surface area (Å²) in [4.78, 5) is 23.1. The average Bonchev–Trinajstić information content (AvgIpc) is 2.55. The first-order chi connectivity index (χ1) is 11.4. The van der Waals surface area contributed by atoms with Crippen LogP contribution in [0.25, 0.3) is 0 Å². The van der Waals surface area contributed by atoms with Gasteiger partial charge in [-0.2, -0.15) is 0 Å². The Balaban J connectivity index is 2.75. The Kier molecular flexibility index (Phi) is 8.43. The molecule has 0 aromatic heterocycles. The molecule has 0 saturated heterocycles. The first-order valence-electron chi connectivity index (χ1n) is 8.26. The lowest BCUT2D eigenvalue weighted by Gasteiger charge is -2.29. The number of ether oxygens (including phenoxy) is 3. The summed E-state index contributed by atoms with van der Waals surface area (Å²) in [6, 6.07) is 5.52. The Morgan fingerprint density at radius 1 is 0.958 bits per heavy atom. The molecule has 0 fully saturated rings. The molecule has 1 aromatic carbocycles. The summed E-state index contributed by atoms with van der Waals surface area (Å²) in [5, 5.41) is 8.89. The van der Waals surface area contributed by atoms with Gasteiger partial charge in [-0.05, 0) is 37.1 Å². The zero-order valence-electron chi connectivity index (χ0n) is 14.5. The second kappa shape index (κ2) is 10.1. The van der Waals surface area contributed by atoms with Crippen LogP contribution in [0.1, 0.15) is 67.2 Å². The number of carbonyl (C=O) groups excluding carboxylic acids is 1. The normalized spacial score (nSPS) is 11.3. The molecule has 0 radical (unpaired) electrons. The molecule has 24 heavy (non-hydrogen) atoms. The fraction of sp³-hybridized carbons (Fsp3) is 0.556. The van der Waals surface area contributed by atoms with Gasteiger partial charge in [-0.15, -0.1) is 0 Å². The van der Waals surface area contributed by atoms with Crippen LogP contribution >= 0.6 is 0 Å². The molecule has 0 saturated carbocycles. The molecule has 0 unspecified atom stereocenters. The summed E-state index contributed by atoms with van der Waals surface area (Å²) in [5.41, 5.74) is 0.345. The molecule has 0 aliphatic carbocycles. The second-order valence-electron chi connectivity index (χ2n) is 5.54. The molecule has 0 atom stereocenters. The lowest BCUT2D eigenvalue weighted by molar-refractivity contribution is -0.344. The molecule has 6 heteroatoms. The number of benzene rings is 1. The molecule has 1 aromatic rings. The molecule has 0 bridgehead atoms. The van der Waals surface area contributed by atoms with E-state index in [0.29, 0.717) is 13.2 Å². The molecule has 0 heterocycles. The van der Waals surface area contributed by atoms with E-state index in [1.807, 2.05) is 13.8 Å². The van der Waals surface area contributed by atoms with Crippen molar-refractivity contribution in [3.63, 3.8) is 0 Å². The molecule has 1 rings (SSSR count). The quantitative estimate of drug-likeness (QED) is 0.375. The third-order valence-corrected chi connectivity index (χ3v) is 3.37. The van der Waals surface area contributed by atoms with Crippen LogP contribution in [0.2, 0.25) is 0 Å². The molecular formula is C18H26O6. The number of aromatic carboxylic acids is 1. The van der Waals surface area contributed by atoms with E-state index < -0.39 is 17.9 Å². The van der Waals surface area contributed by atoms with E-state index in [1.54, 1.807) is 6.92 Å². The molecule has 0 aliphatic rings. The smallest absolute Gasteiger partial charge is 0.342 e. The standard InChI is InChI=1S/C18H26O6/c1-4-6-12-22-18(3,23-13-7-5-2)24-17(21)15-10-8-14(9-11-15)16(19)20/h8-11H,4-7,12-13H2,1-3H3,(H,19,20). The Labute approximate surface area is 142 Å². The van der Waals surface area contributed by atoms with E-state index in [-0.39, 0.29) is 11.1 Å². The summed E-state index contributed by atoms with van der Waals surface area (Å²) in [6.07, 6.45) is 3.57. The van der Waals surface area contributed by atoms with Crippen molar-refractivity contribution in [3.8, 4) is 0 Å². The van der Waals surface area contributed by atoms with Gasteiger partial charge in [0.15, 0.2) is 0 Å². The van der Waals surface area contributed by atoms with Crippen LogP contribution < -0.4 is 0 Å². The fourth-order valence-corrected chi connectivity index (χ4v) is 1.88. The Morgan fingerprint density at radius 2 is 1.42 bits per heavy atom. The van der Waals surface area contributed by atoms with Gasteiger partial charge in [-0.3, -0.25) is 0 Å². The maximum absolute atomic E-state index is 12.3. The Hall–Kier alpha value is -1.92. The highest BCUT2D eigenvalue weighted by molar-refractivity contribution is 5.92. The fourth-order valence-electron chi connectivity index (χ4n) is 1.88. The van der Waals surface area contributed by atoms with Crippen molar-refractivity contribution >= 4 is 11.9 Å². The number of unbranched alkanes of at least 4 members (excludes halogenated alkanes) is 2. The molecule has 6 nitrogen and oxygen atoms in total. The lowest BCUT2D eigenvalue weighted by atomic mass is 10.1. The van der Waals surface area contributed by atoms with Gasteiger partial charge in [0.1, 0.15) is 0 Å². The lowest BCUT2D eigenvalue weighted by Crippen LogP contribution is -2.38. The number of carboxylic acid groups (broad SMARTS) is 1. The van der Waals surface area contributed by atoms with Crippen LogP contribution in [0.5, 0.6) is 0 Å². The van der Waals surface area contributed by atoms with Gasteiger partial charge in [-0.25, -0.2) is 9.59 Å². The average molecular weight is 338 g/mol. The van der Waals surface area contributed by atoms with Gasteiger partial charge in [-0.1, -0.05) is 26.7 Å². The van der Waals surface area contributed by atoms with Gasteiger partial charge in [0.05, 0.1) is 24.3 Å². The van der Waals surface area contributed by atoms with Crippen LogP contribution in [-0.4, -0.2) is 36.2 Å². The number of carbonyl (C=O) groups is 2. The molecule has 0 spiro atoms. The number of hydrogen-bond acceptors (Lipinski definition) is 5. The van der Waals surface area contributed by atoms with Crippen LogP contribution in [-0.2, 0) is 14.2 Å². The van der Waals surface area contributed by atoms with E-state index >= 15 is 0 Å².